The average molecular weight is 288 g/mol. The van der Waals surface area contributed by atoms with Crippen molar-refractivity contribution in [2.24, 2.45) is 11.3 Å². The van der Waals surface area contributed by atoms with Crippen molar-refractivity contribution >= 4 is 5.69 Å². The van der Waals surface area contributed by atoms with E-state index in [0.717, 1.165) is 12.5 Å². The molecule has 1 aromatic rings. The molecule has 0 spiro atoms. The van der Waals surface area contributed by atoms with E-state index in [9.17, 15) is 0 Å². The van der Waals surface area contributed by atoms with Crippen LogP contribution in [0.15, 0.2) is 24.3 Å². The molecular weight excluding hydrogens is 256 g/mol. The predicted octanol–water partition coefficient (Wildman–Crippen LogP) is 4.24. The van der Waals surface area contributed by atoms with Gasteiger partial charge < -0.3 is 10.2 Å². The predicted molar refractivity (Wildman–Crippen MR) is 93.1 cm³/mol. The van der Waals surface area contributed by atoms with Crippen molar-refractivity contribution in [3.63, 3.8) is 0 Å². The number of rotatable bonds is 7. The fourth-order valence-electron chi connectivity index (χ4n) is 3.72. The molecule has 1 saturated carbocycles. The molecule has 1 fully saturated rings. The van der Waals surface area contributed by atoms with E-state index in [2.05, 4.69) is 62.3 Å². The summed E-state index contributed by atoms with van der Waals surface area (Å²) in [7, 11) is 2.25. The van der Waals surface area contributed by atoms with Gasteiger partial charge in [0.1, 0.15) is 0 Å². The summed E-state index contributed by atoms with van der Waals surface area (Å²) in [4.78, 5) is 2.47. The normalized spacial score (nSPS) is 17.4. The Morgan fingerprint density at radius 2 is 1.86 bits per heavy atom. The zero-order valence-corrected chi connectivity index (χ0v) is 14.3. The van der Waals surface area contributed by atoms with Crippen molar-refractivity contribution in [3.05, 3.63) is 29.8 Å². The molecule has 0 unspecified atom stereocenters. The number of anilines is 1. The molecule has 0 saturated heterocycles. The lowest BCUT2D eigenvalue weighted by molar-refractivity contribution is 0.282. The molecule has 2 rings (SSSR count). The van der Waals surface area contributed by atoms with Gasteiger partial charge in [0.05, 0.1) is 0 Å². The van der Waals surface area contributed by atoms with Crippen LogP contribution in [-0.2, 0) is 0 Å². The van der Waals surface area contributed by atoms with E-state index in [1.807, 2.05) is 0 Å². The Labute approximate surface area is 130 Å². The molecular formula is C19H32N2. The molecule has 0 heterocycles. The lowest BCUT2D eigenvalue weighted by Gasteiger charge is -2.36. The summed E-state index contributed by atoms with van der Waals surface area (Å²) in [5, 5.41) is 3.71. The molecule has 1 aromatic carbocycles. The van der Waals surface area contributed by atoms with Gasteiger partial charge in [-0.15, -0.1) is 0 Å². The molecule has 1 N–H and O–H groups in total. The third-order valence-electron chi connectivity index (χ3n) is 4.82. The van der Waals surface area contributed by atoms with E-state index < -0.39 is 0 Å². The van der Waals surface area contributed by atoms with Crippen LogP contribution >= 0.6 is 0 Å². The molecule has 0 aromatic heterocycles. The van der Waals surface area contributed by atoms with Crippen LogP contribution in [-0.4, -0.2) is 26.7 Å². The van der Waals surface area contributed by atoms with Crippen LogP contribution in [0.3, 0.4) is 0 Å². The summed E-state index contributed by atoms with van der Waals surface area (Å²) in [6, 6.07) is 8.74. The minimum absolute atomic E-state index is 0.464. The molecule has 1 aliphatic carbocycles. The number of nitrogens with zero attached hydrogens (tertiary/aromatic N) is 1. The summed E-state index contributed by atoms with van der Waals surface area (Å²) >= 11 is 0. The monoisotopic (exact) mass is 288 g/mol. The Hall–Kier alpha value is -1.02. The van der Waals surface area contributed by atoms with Crippen LogP contribution in [0.2, 0.25) is 0 Å². The van der Waals surface area contributed by atoms with Gasteiger partial charge in [-0.25, -0.2) is 0 Å². The van der Waals surface area contributed by atoms with Gasteiger partial charge in [-0.1, -0.05) is 44.9 Å². The first-order chi connectivity index (χ1) is 10.0. The second-order valence-corrected chi connectivity index (χ2v) is 7.37. The highest BCUT2D eigenvalue weighted by Crippen LogP contribution is 2.39. The van der Waals surface area contributed by atoms with Crippen LogP contribution in [0, 0.1) is 18.3 Å². The van der Waals surface area contributed by atoms with Crippen molar-refractivity contribution in [1.82, 2.24) is 5.32 Å². The summed E-state index contributed by atoms with van der Waals surface area (Å²) in [6.45, 7) is 10.3. The maximum Gasteiger partial charge on any atom is 0.0393 e. The number of benzene rings is 1. The Bertz CT molecular complexity index is 433. The standard InChI is InChI=1S/C19H32N2/c1-16(2)13-20-14-19(11-7-8-12-19)15-21(4)18-10-6-5-9-17(18)3/h5-6,9-10,16,20H,7-8,11-15H2,1-4H3. The zero-order valence-electron chi connectivity index (χ0n) is 14.3. The van der Waals surface area contributed by atoms with Gasteiger partial charge in [0, 0.05) is 31.2 Å². The highest BCUT2D eigenvalue weighted by molar-refractivity contribution is 5.52. The molecule has 2 heteroatoms. The van der Waals surface area contributed by atoms with Gasteiger partial charge in [-0.2, -0.15) is 0 Å². The summed E-state index contributed by atoms with van der Waals surface area (Å²) in [5.74, 6) is 0.734. The second kappa shape index (κ2) is 7.31. The maximum atomic E-state index is 3.71. The number of hydrogen-bond donors (Lipinski definition) is 1. The van der Waals surface area contributed by atoms with Gasteiger partial charge in [0.25, 0.3) is 0 Å². The Morgan fingerprint density at radius 1 is 1.19 bits per heavy atom. The Balaban J connectivity index is 2.00. The molecule has 118 valence electrons. The second-order valence-electron chi connectivity index (χ2n) is 7.37. The van der Waals surface area contributed by atoms with Gasteiger partial charge >= 0.3 is 0 Å². The lowest BCUT2D eigenvalue weighted by atomic mass is 9.85. The van der Waals surface area contributed by atoms with Gasteiger partial charge in [-0.3, -0.25) is 0 Å². The molecule has 0 bridgehead atoms. The number of aryl methyl sites for hydroxylation is 1. The van der Waals surface area contributed by atoms with Gasteiger partial charge in [0.2, 0.25) is 0 Å². The van der Waals surface area contributed by atoms with E-state index in [1.54, 1.807) is 0 Å². The molecule has 0 radical (unpaired) electrons. The van der Waals surface area contributed by atoms with Crippen molar-refractivity contribution in [2.75, 3.05) is 31.6 Å². The molecule has 0 amide bonds. The minimum atomic E-state index is 0.464. The van der Waals surface area contributed by atoms with E-state index in [0.29, 0.717) is 5.41 Å². The fraction of sp³-hybridized carbons (Fsp3) is 0.684. The summed E-state index contributed by atoms with van der Waals surface area (Å²) < 4.78 is 0. The molecule has 2 nitrogen and oxygen atoms in total. The molecule has 0 atom stereocenters. The van der Waals surface area contributed by atoms with Gasteiger partial charge in [0.15, 0.2) is 0 Å². The number of hydrogen-bond acceptors (Lipinski definition) is 2. The maximum absolute atomic E-state index is 3.71. The van der Waals surface area contributed by atoms with Crippen LogP contribution in [0.1, 0.15) is 45.1 Å². The van der Waals surface area contributed by atoms with Crippen LogP contribution < -0.4 is 10.2 Å². The van der Waals surface area contributed by atoms with E-state index in [-0.39, 0.29) is 0 Å². The summed E-state index contributed by atoms with van der Waals surface area (Å²) in [5.41, 5.74) is 3.22. The third-order valence-corrected chi connectivity index (χ3v) is 4.82. The lowest BCUT2D eigenvalue weighted by Crippen LogP contribution is -2.42. The van der Waals surface area contributed by atoms with Crippen LogP contribution in [0.5, 0.6) is 0 Å². The fourth-order valence-corrected chi connectivity index (χ4v) is 3.72. The molecule has 21 heavy (non-hydrogen) atoms. The zero-order chi connectivity index (χ0) is 15.3. The SMILES string of the molecule is Cc1ccccc1N(C)CC1(CNCC(C)C)CCCC1. The molecule has 1 aliphatic rings. The quantitative estimate of drug-likeness (QED) is 0.807. The topological polar surface area (TPSA) is 15.3 Å². The average Bonchev–Trinajstić information content (AvgIpc) is 2.87. The van der Waals surface area contributed by atoms with E-state index >= 15 is 0 Å². The van der Waals surface area contributed by atoms with Crippen molar-refractivity contribution in [3.8, 4) is 0 Å². The van der Waals surface area contributed by atoms with Crippen molar-refractivity contribution in [2.45, 2.75) is 46.5 Å². The first-order valence-electron chi connectivity index (χ1n) is 8.50. The number of nitrogens with one attached hydrogen (secondary N) is 1. The largest absolute Gasteiger partial charge is 0.374 e. The first kappa shape index (κ1) is 16.4. The Morgan fingerprint density at radius 3 is 2.48 bits per heavy atom. The van der Waals surface area contributed by atoms with Gasteiger partial charge in [-0.05, 0) is 43.9 Å². The Kier molecular flexibility index (Phi) is 5.69. The smallest absolute Gasteiger partial charge is 0.0393 e. The minimum Gasteiger partial charge on any atom is -0.374 e. The summed E-state index contributed by atoms with van der Waals surface area (Å²) in [6.07, 6.45) is 5.53. The van der Waals surface area contributed by atoms with E-state index in [1.165, 1.54) is 50.0 Å². The number of para-hydroxylation sites is 1. The van der Waals surface area contributed by atoms with Crippen LogP contribution in [0.4, 0.5) is 5.69 Å². The van der Waals surface area contributed by atoms with Crippen molar-refractivity contribution < 1.29 is 0 Å². The highest BCUT2D eigenvalue weighted by Gasteiger charge is 2.34. The van der Waals surface area contributed by atoms with Crippen LogP contribution in [0.25, 0.3) is 0 Å². The first-order valence-corrected chi connectivity index (χ1v) is 8.50. The third kappa shape index (κ3) is 4.47. The highest BCUT2D eigenvalue weighted by atomic mass is 15.1. The molecule has 0 aliphatic heterocycles. The van der Waals surface area contributed by atoms with E-state index in [4.69, 9.17) is 0 Å². The van der Waals surface area contributed by atoms with Crippen molar-refractivity contribution in [1.29, 1.82) is 0 Å².